The fraction of sp³-hybridized carbons (Fsp3) is 0.188. The molecule has 4 nitrogen and oxygen atoms in total. The molecule has 0 radical (unpaired) electrons. The van der Waals surface area contributed by atoms with Gasteiger partial charge in [0, 0.05) is 11.0 Å². The molecule has 0 saturated carbocycles. The second kappa shape index (κ2) is 5.77. The van der Waals surface area contributed by atoms with Gasteiger partial charge in [-0.15, -0.1) is 0 Å². The van der Waals surface area contributed by atoms with Gasteiger partial charge in [-0.05, 0) is 29.7 Å². The summed E-state index contributed by atoms with van der Waals surface area (Å²) in [4.78, 5) is 13.9. The summed E-state index contributed by atoms with van der Waals surface area (Å²) >= 11 is 3.42. The monoisotopic (exact) mass is 346 g/mol. The van der Waals surface area contributed by atoms with E-state index in [1.165, 1.54) is 0 Å². The molecular formula is C16H15BrN2O2. The van der Waals surface area contributed by atoms with Crippen LogP contribution >= 0.6 is 15.9 Å². The van der Waals surface area contributed by atoms with E-state index < -0.39 is 0 Å². The molecule has 108 valence electrons. The lowest BCUT2D eigenvalue weighted by molar-refractivity contribution is 0.147. The number of nitrogens with zero attached hydrogens (tertiary/aromatic N) is 1. The Hall–Kier alpha value is -2.01. The highest BCUT2D eigenvalue weighted by Crippen LogP contribution is 2.36. The van der Waals surface area contributed by atoms with Gasteiger partial charge in [0.2, 0.25) is 0 Å². The van der Waals surface area contributed by atoms with E-state index in [4.69, 9.17) is 10.5 Å². The van der Waals surface area contributed by atoms with Crippen molar-refractivity contribution < 1.29 is 9.53 Å². The molecule has 0 aromatic heterocycles. The van der Waals surface area contributed by atoms with Crippen molar-refractivity contribution in [3.63, 3.8) is 0 Å². The first-order valence-corrected chi connectivity index (χ1v) is 7.50. The molecule has 1 heterocycles. The van der Waals surface area contributed by atoms with Gasteiger partial charge in [-0.1, -0.05) is 46.3 Å². The van der Waals surface area contributed by atoms with Crippen LogP contribution in [0.25, 0.3) is 0 Å². The summed E-state index contributed by atoms with van der Waals surface area (Å²) < 4.78 is 6.30. The quantitative estimate of drug-likeness (QED) is 0.843. The average molecular weight is 347 g/mol. The predicted octanol–water partition coefficient (Wildman–Crippen LogP) is 3.73. The number of carbonyl (C=O) groups excluding carboxylic acids is 1. The SMILES string of the molecule is Nc1cc(Br)cc2c1N(C(=O)OCc1ccccc1)CC2. The summed E-state index contributed by atoms with van der Waals surface area (Å²) in [5.41, 5.74) is 9.43. The number of hydrogen-bond donors (Lipinski definition) is 1. The summed E-state index contributed by atoms with van der Waals surface area (Å²) in [6.07, 6.45) is 0.436. The first-order valence-electron chi connectivity index (χ1n) is 6.71. The van der Waals surface area contributed by atoms with Crippen LogP contribution in [0.15, 0.2) is 46.9 Å². The number of benzene rings is 2. The number of anilines is 2. The van der Waals surface area contributed by atoms with Crippen molar-refractivity contribution in [2.24, 2.45) is 0 Å². The van der Waals surface area contributed by atoms with Gasteiger partial charge in [-0.2, -0.15) is 0 Å². The Morgan fingerprint density at radius 1 is 1.29 bits per heavy atom. The predicted molar refractivity (Wildman–Crippen MR) is 86.2 cm³/mol. The van der Waals surface area contributed by atoms with Crippen LogP contribution < -0.4 is 10.6 Å². The van der Waals surface area contributed by atoms with Crippen LogP contribution in [0.1, 0.15) is 11.1 Å². The van der Waals surface area contributed by atoms with Gasteiger partial charge in [0.05, 0.1) is 11.4 Å². The van der Waals surface area contributed by atoms with Crippen LogP contribution in [-0.2, 0) is 17.8 Å². The Balaban J connectivity index is 1.74. The second-order valence-electron chi connectivity index (χ2n) is 4.94. The largest absolute Gasteiger partial charge is 0.444 e. The maximum atomic E-state index is 12.3. The van der Waals surface area contributed by atoms with Crippen LogP contribution in [-0.4, -0.2) is 12.6 Å². The number of nitrogen functional groups attached to an aromatic ring is 1. The maximum Gasteiger partial charge on any atom is 0.414 e. The molecule has 0 unspecified atom stereocenters. The van der Waals surface area contributed by atoms with Crippen molar-refractivity contribution in [2.75, 3.05) is 17.2 Å². The molecule has 5 heteroatoms. The summed E-state index contributed by atoms with van der Waals surface area (Å²) in [6, 6.07) is 13.4. The number of ether oxygens (including phenoxy) is 1. The Labute approximate surface area is 131 Å². The van der Waals surface area contributed by atoms with Gasteiger partial charge < -0.3 is 10.5 Å². The zero-order valence-electron chi connectivity index (χ0n) is 11.4. The summed E-state index contributed by atoms with van der Waals surface area (Å²) in [5, 5.41) is 0. The van der Waals surface area contributed by atoms with Crippen LogP contribution in [0.3, 0.4) is 0 Å². The van der Waals surface area contributed by atoms with Gasteiger partial charge in [-0.25, -0.2) is 4.79 Å². The number of rotatable bonds is 2. The molecule has 0 spiro atoms. The van der Waals surface area contributed by atoms with E-state index in [2.05, 4.69) is 15.9 Å². The van der Waals surface area contributed by atoms with E-state index in [0.717, 1.165) is 27.7 Å². The number of fused-ring (bicyclic) bond motifs is 1. The van der Waals surface area contributed by atoms with Gasteiger partial charge >= 0.3 is 6.09 Å². The molecule has 1 amide bonds. The van der Waals surface area contributed by atoms with E-state index in [-0.39, 0.29) is 12.7 Å². The molecule has 21 heavy (non-hydrogen) atoms. The fourth-order valence-corrected chi connectivity index (χ4v) is 3.05. The molecule has 0 fully saturated rings. The van der Waals surface area contributed by atoms with Crippen LogP contribution in [0.4, 0.5) is 16.2 Å². The highest BCUT2D eigenvalue weighted by molar-refractivity contribution is 9.10. The third-order valence-corrected chi connectivity index (χ3v) is 3.94. The standard InChI is InChI=1S/C16H15BrN2O2/c17-13-8-12-6-7-19(15(12)14(18)9-13)16(20)21-10-11-4-2-1-3-5-11/h1-5,8-9H,6-7,10,18H2. The van der Waals surface area contributed by atoms with Gasteiger partial charge in [0.25, 0.3) is 0 Å². The van der Waals surface area contributed by atoms with Gasteiger partial charge in [0.1, 0.15) is 6.61 Å². The Kier molecular flexibility index (Phi) is 3.84. The normalized spacial score (nSPS) is 13.1. The minimum Gasteiger partial charge on any atom is -0.444 e. The molecular weight excluding hydrogens is 332 g/mol. The maximum absolute atomic E-state index is 12.3. The number of halogens is 1. The summed E-state index contributed by atoms with van der Waals surface area (Å²) in [6.45, 7) is 0.867. The van der Waals surface area contributed by atoms with Crippen molar-refractivity contribution in [3.05, 3.63) is 58.1 Å². The zero-order chi connectivity index (χ0) is 14.8. The molecule has 0 bridgehead atoms. The van der Waals surface area contributed by atoms with Crippen molar-refractivity contribution >= 4 is 33.4 Å². The number of nitrogens with two attached hydrogens (primary N) is 1. The minimum absolute atomic E-state index is 0.266. The molecule has 0 aliphatic carbocycles. The van der Waals surface area contributed by atoms with E-state index in [9.17, 15) is 4.79 Å². The molecule has 1 aliphatic heterocycles. The fourth-order valence-electron chi connectivity index (χ4n) is 2.52. The van der Waals surface area contributed by atoms with E-state index in [0.29, 0.717) is 12.2 Å². The second-order valence-corrected chi connectivity index (χ2v) is 5.86. The summed E-state index contributed by atoms with van der Waals surface area (Å²) in [5.74, 6) is 0. The minimum atomic E-state index is -0.355. The number of amides is 1. The first-order chi connectivity index (χ1) is 10.1. The van der Waals surface area contributed by atoms with Crippen molar-refractivity contribution in [1.82, 2.24) is 0 Å². The van der Waals surface area contributed by atoms with Gasteiger partial charge in [-0.3, -0.25) is 4.90 Å². The molecule has 2 aromatic rings. The molecule has 1 aliphatic rings. The Morgan fingerprint density at radius 3 is 2.81 bits per heavy atom. The lowest BCUT2D eigenvalue weighted by Gasteiger charge is -2.18. The molecule has 0 atom stereocenters. The highest BCUT2D eigenvalue weighted by Gasteiger charge is 2.28. The third kappa shape index (κ3) is 2.88. The van der Waals surface area contributed by atoms with Crippen LogP contribution in [0.5, 0.6) is 0 Å². The van der Waals surface area contributed by atoms with Crippen molar-refractivity contribution in [2.45, 2.75) is 13.0 Å². The zero-order valence-corrected chi connectivity index (χ0v) is 13.0. The number of hydrogen-bond acceptors (Lipinski definition) is 3. The van der Waals surface area contributed by atoms with E-state index in [1.54, 1.807) is 4.90 Å². The topological polar surface area (TPSA) is 55.6 Å². The lowest BCUT2D eigenvalue weighted by atomic mass is 10.1. The Bertz CT molecular complexity index is 673. The van der Waals surface area contributed by atoms with Crippen molar-refractivity contribution in [3.8, 4) is 0 Å². The Morgan fingerprint density at radius 2 is 2.05 bits per heavy atom. The summed E-state index contributed by atoms with van der Waals surface area (Å²) in [7, 11) is 0. The third-order valence-electron chi connectivity index (χ3n) is 3.48. The van der Waals surface area contributed by atoms with Crippen LogP contribution in [0, 0.1) is 0 Å². The number of carbonyl (C=O) groups is 1. The average Bonchev–Trinajstić information content (AvgIpc) is 2.90. The lowest BCUT2D eigenvalue weighted by Crippen LogP contribution is -2.30. The van der Waals surface area contributed by atoms with E-state index in [1.807, 2.05) is 42.5 Å². The first kappa shape index (κ1) is 13.9. The molecule has 2 aromatic carbocycles. The van der Waals surface area contributed by atoms with Crippen LogP contribution in [0.2, 0.25) is 0 Å². The van der Waals surface area contributed by atoms with E-state index >= 15 is 0 Å². The molecule has 0 saturated heterocycles. The highest BCUT2D eigenvalue weighted by atomic mass is 79.9. The smallest absolute Gasteiger partial charge is 0.414 e. The molecule has 3 rings (SSSR count). The molecule has 2 N–H and O–H groups in total. The van der Waals surface area contributed by atoms with Crippen molar-refractivity contribution in [1.29, 1.82) is 0 Å². The van der Waals surface area contributed by atoms with Gasteiger partial charge in [0.15, 0.2) is 0 Å².